The molecule has 0 amide bonds. The van der Waals surface area contributed by atoms with Crippen LogP contribution in [-0.4, -0.2) is 4.98 Å². The van der Waals surface area contributed by atoms with Crippen molar-refractivity contribution in [1.82, 2.24) is 4.98 Å². The summed E-state index contributed by atoms with van der Waals surface area (Å²) < 4.78 is 18.6. The van der Waals surface area contributed by atoms with Gasteiger partial charge in [-0.1, -0.05) is 18.2 Å². The van der Waals surface area contributed by atoms with Crippen molar-refractivity contribution in [2.24, 2.45) is 5.73 Å². The van der Waals surface area contributed by atoms with E-state index >= 15 is 0 Å². The van der Waals surface area contributed by atoms with E-state index in [1.54, 1.807) is 24.4 Å². The lowest BCUT2D eigenvalue weighted by molar-refractivity contribution is 0.286. The zero-order valence-corrected chi connectivity index (χ0v) is 9.27. The van der Waals surface area contributed by atoms with Crippen LogP contribution in [0.2, 0.25) is 0 Å². The van der Waals surface area contributed by atoms with Gasteiger partial charge in [0.15, 0.2) is 11.6 Å². The third kappa shape index (κ3) is 3.01. The second kappa shape index (κ2) is 5.41. The second-order valence-electron chi connectivity index (χ2n) is 3.58. The van der Waals surface area contributed by atoms with Crippen LogP contribution in [0.5, 0.6) is 5.75 Å². The monoisotopic (exact) mass is 232 g/mol. The van der Waals surface area contributed by atoms with Gasteiger partial charge in [-0.15, -0.1) is 0 Å². The van der Waals surface area contributed by atoms with Gasteiger partial charge in [0.25, 0.3) is 0 Å². The first-order valence-electron chi connectivity index (χ1n) is 5.31. The molecule has 2 rings (SSSR count). The minimum Gasteiger partial charge on any atom is -0.484 e. The van der Waals surface area contributed by atoms with E-state index in [0.717, 1.165) is 11.3 Å². The van der Waals surface area contributed by atoms with Crippen LogP contribution in [0.1, 0.15) is 11.3 Å². The molecule has 0 aliphatic rings. The van der Waals surface area contributed by atoms with Crippen molar-refractivity contribution in [2.75, 3.05) is 0 Å². The van der Waals surface area contributed by atoms with Crippen LogP contribution in [0.15, 0.2) is 42.6 Å². The van der Waals surface area contributed by atoms with Crippen LogP contribution in [0, 0.1) is 5.82 Å². The van der Waals surface area contributed by atoms with Crippen molar-refractivity contribution in [1.29, 1.82) is 0 Å². The maximum atomic E-state index is 13.2. The molecule has 0 saturated carbocycles. The molecule has 0 saturated heterocycles. The topological polar surface area (TPSA) is 48.1 Å². The average molecular weight is 232 g/mol. The Kier molecular flexibility index (Phi) is 3.67. The van der Waals surface area contributed by atoms with Crippen LogP contribution >= 0.6 is 0 Å². The predicted octanol–water partition coefficient (Wildman–Crippen LogP) is 2.26. The van der Waals surface area contributed by atoms with Gasteiger partial charge in [-0.05, 0) is 23.8 Å². The van der Waals surface area contributed by atoms with E-state index in [1.165, 1.54) is 6.07 Å². The van der Waals surface area contributed by atoms with Crippen LogP contribution in [0.25, 0.3) is 0 Å². The lowest BCUT2D eigenvalue weighted by Gasteiger charge is -2.06. The molecule has 0 aliphatic heterocycles. The molecule has 2 N–H and O–H groups in total. The van der Waals surface area contributed by atoms with Gasteiger partial charge in [0.1, 0.15) is 6.61 Å². The number of hydrogen-bond acceptors (Lipinski definition) is 3. The maximum absolute atomic E-state index is 13.2. The summed E-state index contributed by atoms with van der Waals surface area (Å²) in [5.74, 6) is -0.136. The second-order valence-corrected chi connectivity index (χ2v) is 3.58. The van der Waals surface area contributed by atoms with Gasteiger partial charge in [0, 0.05) is 12.7 Å². The van der Waals surface area contributed by atoms with E-state index < -0.39 is 0 Å². The van der Waals surface area contributed by atoms with Crippen molar-refractivity contribution in [3.63, 3.8) is 0 Å². The van der Waals surface area contributed by atoms with Gasteiger partial charge in [-0.25, -0.2) is 4.39 Å². The molecule has 0 bridgehead atoms. The Morgan fingerprint density at radius 1 is 1.18 bits per heavy atom. The van der Waals surface area contributed by atoms with Crippen LogP contribution in [0.3, 0.4) is 0 Å². The highest BCUT2D eigenvalue weighted by Crippen LogP contribution is 2.16. The standard InChI is InChI=1S/C13H13FN2O/c14-12-3-1-2-4-13(12)17-9-11-6-5-10(7-15)8-16-11/h1-6,8H,7,9,15H2. The molecule has 17 heavy (non-hydrogen) atoms. The summed E-state index contributed by atoms with van der Waals surface area (Å²) in [6, 6.07) is 10.00. The highest BCUT2D eigenvalue weighted by Gasteiger charge is 2.02. The zero-order valence-electron chi connectivity index (χ0n) is 9.27. The van der Waals surface area contributed by atoms with E-state index in [1.807, 2.05) is 12.1 Å². The molecule has 88 valence electrons. The number of aromatic nitrogens is 1. The molecule has 0 radical (unpaired) electrons. The number of ether oxygens (including phenoxy) is 1. The smallest absolute Gasteiger partial charge is 0.165 e. The molecule has 1 aromatic carbocycles. The number of benzene rings is 1. The number of halogens is 1. The van der Waals surface area contributed by atoms with E-state index in [9.17, 15) is 4.39 Å². The Morgan fingerprint density at radius 2 is 2.00 bits per heavy atom. The number of nitrogens with two attached hydrogens (primary N) is 1. The average Bonchev–Trinajstić information content (AvgIpc) is 2.38. The number of para-hydroxylation sites is 1. The van der Waals surface area contributed by atoms with E-state index in [0.29, 0.717) is 6.54 Å². The number of pyridine rings is 1. The maximum Gasteiger partial charge on any atom is 0.165 e. The van der Waals surface area contributed by atoms with E-state index in [2.05, 4.69) is 4.98 Å². The fourth-order valence-electron chi connectivity index (χ4n) is 1.37. The Morgan fingerprint density at radius 3 is 2.65 bits per heavy atom. The number of nitrogens with zero attached hydrogens (tertiary/aromatic N) is 1. The molecular formula is C13H13FN2O. The first-order chi connectivity index (χ1) is 8.29. The van der Waals surface area contributed by atoms with Gasteiger partial charge in [0.2, 0.25) is 0 Å². The fraction of sp³-hybridized carbons (Fsp3) is 0.154. The molecule has 0 spiro atoms. The first kappa shape index (κ1) is 11.5. The minimum absolute atomic E-state index is 0.234. The summed E-state index contributed by atoms with van der Waals surface area (Å²) in [6.07, 6.45) is 1.69. The van der Waals surface area contributed by atoms with Crippen molar-refractivity contribution >= 4 is 0 Å². The van der Waals surface area contributed by atoms with Crippen LogP contribution in [0.4, 0.5) is 4.39 Å². The van der Waals surface area contributed by atoms with Gasteiger partial charge in [-0.3, -0.25) is 4.98 Å². The molecule has 1 heterocycles. The van der Waals surface area contributed by atoms with E-state index in [-0.39, 0.29) is 18.2 Å². The van der Waals surface area contributed by atoms with Crippen LogP contribution < -0.4 is 10.5 Å². The van der Waals surface area contributed by atoms with Crippen molar-refractivity contribution < 1.29 is 9.13 Å². The summed E-state index contributed by atoms with van der Waals surface area (Å²) in [4.78, 5) is 4.17. The Hall–Kier alpha value is -1.94. The Balaban J connectivity index is 2.00. The summed E-state index contributed by atoms with van der Waals surface area (Å²) in [7, 11) is 0. The highest BCUT2D eigenvalue weighted by atomic mass is 19.1. The third-order valence-corrected chi connectivity index (χ3v) is 2.33. The van der Waals surface area contributed by atoms with Gasteiger partial charge >= 0.3 is 0 Å². The Labute approximate surface area is 99.1 Å². The molecule has 4 heteroatoms. The normalized spacial score (nSPS) is 10.2. The van der Waals surface area contributed by atoms with Crippen LogP contribution in [-0.2, 0) is 13.2 Å². The number of hydrogen-bond donors (Lipinski definition) is 1. The largest absolute Gasteiger partial charge is 0.484 e. The third-order valence-electron chi connectivity index (χ3n) is 2.33. The van der Waals surface area contributed by atoms with Crippen molar-refractivity contribution in [3.8, 4) is 5.75 Å². The summed E-state index contributed by atoms with van der Waals surface area (Å²) in [5, 5.41) is 0. The lowest BCUT2D eigenvalue weighted by Crippen LogP contribution is -2.02. The minimum atomic E-state index is -0.369. The molecule has 1 aromatic heterocycles. The van der Waals surface area contributed by atoms with Gasteiger partial charge in [-0.2, -0.15) is 0 Å². The molecule has 0 fully saturated rings. The van der Waals surface area contributed by atoms with Crippen molar-refractivity contribution in [2.45, 2.75) is 13.2 Å². The van der Waals surface area contributed by atoms with E-state index in [4.69, 9.17) is 10.5 Å². The molecule has 0 unspecified atom stereocenters. The summed E-state index contributed by atoms with van der Waals surface area (Å²) >= 11 is 0. The van der Waals surface area contributed by atoms with Gasteiger partial charge < -0.3 is 10.5 Å². The lowest BCUT2D eigenvalue weighted by atomic mass is 10.2. The zero-order chi connectivity index (χ0) is 12.1. The molecule has 2 aromatic rings. The van der Waals surface area contributed by atoms with Crippen molar-refractivity contribution in [3.05, 3.63) is 59.7 Å². The molecule has 0 aliphatic carbocycles. The Bertz CT molecular complexity index is 485. The highest BCUT2D eigenvalue weighted by molar-refractivity contribution is 5.24. The SMILES string of the molecule is NCc1ccc(COc2ccccc2F)nc1. The quantitative estimate of drug-likeness (QED) is 0.879. The number of rotatable bonds is 4. The molecular weight excluding hydrogens is 219 g/mol. The van der Waals surface area contributed by atoms with Gasteiger partial charge in [0.05, 0.1) is 5.69 Å². The fourth-order valence-corrected chi connectivity index (χ4v) is 1.37. The predicted molar refractivity (Wildman–Crippen MR) is 62.9 cm³/mol. The summed E-state index contributed by atoms with van der Waals surface area (Å²) in [6.45, 7) is 0.702. The molecule has 3 nitrogen and oxygen atoms in total. The summed E-state index contributed by atoms with van der Waals surface area (Å²) in [5.41, 5.74) is 7.16. The molecule has 0 atom stereocenters. The first-order valence-corrected chi connectivity index (χ1v) is 5.31.